The van der Waals surface area contributed by atoms with Gasteiger partial charge >= 0.3 is 118 Å². The molecule has 0 radical (unpaired) electrons. The third-order valence-electron chi connectivity index (χ3n) is 7.29. The van der Waals surface area contributed by atoms with Gasteiger partial charge in [-0.1, -0.05) is 0 Å². The normalized spacial score (nSPS) is 11.8. The minimum absolute atomic E-state index is 0. The van der Waals surface area contributed by atoms with Crippen LogP contribution in [0.15, 0.2) is 94.6 Å². The number of phenolic OH excluding ortho intramolecular Hbond substituents is 1. The first kappa shape index (κ1) is 63.2. The molecule has 2 N–H and O–H groups in total. The summed E-state index contributed by atoms with van der Waals surface area (Å²) in [5.41, 5.74) is -0.839. The van der Waals surface area contributed by atoms with Crippen LogP contribution >= 0.6 is 36.7 Å². The molecule has 35 heteroatoms. The average molecular weight is 1040 g/mol. The number of nitrogens with zero attached hydrogens (tertiary/aromatic N) is 4. The zero-order valence-corrected chi connectivity index (χ0v) is 46.4. The van der Waals surface area contributed by atoms with E-state index in [0.717, 1.165) is 12.1 Å². The molecule has 0 atom stereocenters. The van der Waals surface area contributed by atoms with E-state index in [9.17, 15) is 50.7 Å². The third-order valence-corrected chi connectivity index (χ3v) is 12.9. The number of hydrogen-bond donors (Lipinski definition) is 2. The van der Waals surface area contributed by atoms with Crippen molar-refractivity contribution in [1.82, 2.24) is 0 Å². The Morgan fingerprint density at radius 1 is 0.667 bits per heavy atom. The molecule has 0 spiro atoms. The molecule has 0 aliphatic carbocycles. The Kier molecular flexibility index (Phi) is 30.7. The molecular formula is C28H25N5Na4O20S6. The van der Waals surface area contributed by atoms with Gasteiger partial charge in [-0.2, -0.15) is 4.33 Å². The van der Waals surface area contributed by atoms with E-state index in [1.54, 1.807) is 0 Å². The van der Waals surface area contributed by atoms with Crippen molar-refractivity contribution in [1.29, 1.82) is 0 Å². The molecule has 0 saturated carbocycles. The fraction of sp³-hybridized carbons (Fsp3) is 0.214. The Hall–Kier alpha value is 0.160. The number of benzene rings is 4. The van der Waals surface area contributed by atoms with E-state index < -0.39 is 81.4 Å². The fourth-order valence-electron chi connectivity index (χ4n) is 4.70. The molecule has 4 rings (SSSR count). The van der Waals surface area contributed by atoms with E-state index in [-0.39, 0.29) is 193 Å². The van der Waals surface area contributed by atoms with Crippen molar-refractivity contribution < 1.29 is 210 Å². The van der Waals surface area contributed by atoms with Crippen LogP contribution in [0.3, 0.4) is 0 Å². The van der Waals surface area contributed by atoms with E-state index >= 15 is 0 Å². The van der Waals surface area contributed by atoms with Gasteiger partial charge in [0.2, 0.25) is 0 Å². The average Bonchev–Trinajstić information content (AvgIpc) is 3.20. The maximum atomic E-state index is 13.0. The largest absolute Gasteiger partial charge is 1.00 e. The minimum atomic E-state index is -5.41. The molecule has 0 unspecified atom stereocenters. The van der Waals surface area contributed by atoms with Crippen molar-refractivity contribution in [3.63, 3.8) is 0 Å². The number of nitrogens with one attached hydrogen (secondary N) is 1. The maximum Gasteiger partial charge on any atom is 1.00 e. The number of ether oxygens (including phenoxy) is 1. The first-order chi connectivity index (χ1) is 28.1. The number of hydrogen-bond acceptors (Lipinski definition) is 28. The fourth-order valence-corrected chi connectivity index (χ4v) is 8.75. The summed E-state index contributed by atoms with van der Waals surface area (Å²) in [6, 6.07) is 10.2. The van der Waals surface area contributed by atoms with Crippen molar-refractivity contribution in [2.45, 2.75) is 19.6 Å². The van der Waals surface area contributed by atoms with Crippen LogP contribution in [0.4, 0.5) is 28.4 Å². The number of methoxy groups -OCH3 is 1. The van der Waals surface area contributed by atoms with Crippen LogP contribution in [0.2, 0.25) is 0 Å². The Labute approximate surface area is 460 Å². The standard InChI is InChI=1S/C28H29N5O20S6.4Na/c1-29-21-7-5-18-19(26(21)32-31-22-13-16(4-8-23(22)45-2)57(38,39)11-9-46-55-52-49-36)15-24(54-51-48-35)27(28(18)34)33-30-20-6-3-17(14-25(20)59(42,43)44)58(40,41)12-10-47-56-53-50-37;;;;/h3-8,13-15,29,34-37H,9-12H2,1-2H3,(H,42,43,44);;;;/q;4*+1/p-4. The summed E-state index contributed by atoms with van der Waals surface area (Å²) in [5.74, 6) is -1.84. The number of fused-ring (bicyclic) bond motifs is 1. The summed E-state index contributed by atoms with van der Waals surface area (Å²) in [4.78, 5) is -2.14. The van der Waals surface area contributed by atoms with Crippen LogP contribution in [0.5, 0.6) is 11.5 Å². The molecule has 0 fully saturated rings. The van der Waals surface area contributed by atoms with Crippen LogP contribution in [0.1, 0.15) is 0 Å². The second-order valence-corrected chi connectivity index (χ2v) is 17.9. The Morgan fingerprint density at radius 3 is 1.75 bits per heavy atom. The number of sulfone groups is 2. The topological polar surface area (TPSA) is 359 Å². The maximum absolute atomic E-state index is 13.0. The monoisotopic (exact) mass is 1030 g/mol. The predicted octanol–water partition coefficient (Wildman–Crippen LogP) is -9.27. The minimum Gasteiger partial charge on any atom is -0.744 e. The first-order valence-corrected chi connectivity index (χ1v) is 22.1. The molecule has 0 aliphatic rings. The smallest absolute Gasteiger partial charge is 0.744 e. The van der Waals surface area contributed by atoms with Gasteiger partial charge in [0, 0.05) is 17.8 Å². The molecule has 0 bridgehead atoms. The molecule has 4 aromatic carbocycles. The summed E-state index contributed by atoms with van der Waals surface area (Å²) in [7, 11) is -10.9. The zero-order chi connectivity index (χ0) is 43.2. The van der Waals surface area contributed by atoms with Crippen molar-refractivity contribution in [3.05, 3.63) is 54.6 Å². The number of phenols is 1. The quantitative estimate of drug-likeness (QED) is 0.0125. The third kappa shape index (κ3) is 18.2. The molecule has 0 aliphatic heterocycles. The summed E-state index contributed by atoms with van der Waals surface area (Å²) >= 11 is 0.399. The van der Waals surface area contributed by atoms with Gasteiger partial charge in [-0.15, -0.1) is 29.1 Å². The first-order valence-electron chi connectivity index (χ1n) is 15.3. The van der Waals surface area contributed by atoms with Crippen molar-refractivity contribution in [3.8, 4) is 11.5 Å². The molecule has 0 amide bonds. The number of anilines is 1. The van der Waals surface area contributed by atoms with E-state index in [1.165, 1.54) is 50.6 Å². The molecule has 0 saturated heterocycles. The Balaban J connectivity index is 0.00000961. The van der Waals surface area contributed by atoms with Gasteiger partial charge in [0.25, 0.3) is 0 Å². The van der Waals surface area contributed by atoms with E-state index in [0.29, 0.717) is 11.8 Å². The van der Waals surface area contributed by atoms with Gasteiger partial charge in [0.15, 0.2) is 50.1 Å². The van der Waals surface area contributed by atoms with Crippen molar-refractivity contribution in [2.75, 3.05) is 44.2 Å². The van der Waals surface area contributed by atoms with Crippen molar-refractivity contribution >= 4 is 106 Å². The van der Waals surface area contributed by atoms with Crippen LogP contribution in [0, 0.1) is 0 Å². The molecule has 4 aromatic rings. The van der Waals surface area contributed by atoms with E-state index in [2.05, 4.69) is 58.1 Å². The predicted molar refractivity (Wildman–Crippen MR) is 194 cm³/mol. The summed E-state index contributed by atoms with van der Waals surface area (Å²) in [6.45, 7) is -0.937. The zero-order valence-electron chi connectivity index (χ0n) is 33.5. The summed E-state index contributed by atoms with van der Waals surface area (Å²) in [5, 5.41) is 70.8. The summed E-state index contributed by atoms with van der Waals surface area (Å²) in [6.07, 6.45) is 0. The second-order valence-electron chi connectivity index (χ2n) is 10.6. The number of azo groups is 2. The number of rotatable bonds is 24. The van der Waals surface area contributed by atoms with Gasteiger partial charge in [0.1, 0.15) is 38.6 Å². The molecule has 25 nitrogen and oxygen atoms in total. The van der Waals surface area contributed by atoms with E-state index in [4.69, 9.17) is 8.92 Å². The van der Waals surface area contributed by atoms with Crippen LogP contribution in [-0.2, 0) is 66.3 Å². The SMILES string of the molecule is CNc1ccc2c(O)c(N=Nc3ccc(S(=O)(=O)CCOSOO[O-])cc3S(=O)(=O)[O-])c(SOO[O-])cc2c1N=Nc1cc(S(=O)(=O)CCOSOO[O-])ccc1OC.[Na+].[Na+].[Na+].[Na+]. The van der Waals surface area contributed by atoms with Crippen LogP contribution < -0.4 is 144 Å². The second kappa shape index (κ2) is 30.6. The van der Waals surface area contributed by atoms with E-state index in [1.807, 2.05) is 0 Å². The number of aromatic hydroxyl groups is 1. The van der Waals surface area contributed by atoms with Gasteiger partial charge in [-0.25, -0.2) is 25.3 Å². The van der Waals surface area contributed by atoms with Crippen LogP contribution in [0.25, 0.3) is 10.8 Å². The van der Waals surface area contributed by atoms with Gasteiger partial charge in [-0.3, -0.25) is 23.5 Å². The summed E-state index contributed by atoms with van der Waals surface area (Å²) < 4.78 is 115. The Bertz CT molecular complexity index is 2520. The molecule has 0 heterocycles. The van der Waals surface area contributed by atoms with Gasteiger partial charge in [0.05, 0.1) is 69.1 Å². The Morgan fingerprint density at radius 2 is 1.21 bits per heavy atom. The molecule has 63 heavy (non-hydrogen) atoms. The molecular weight excluding hydrogens is 1010 g/mol. The van der Waals surface area contributed by atoms with Gasteiger partial charge < -0.3 is 35.5 Å². The molecule has 0 aromatic heterocycles. The molecule has 322 valence electrons. The van der Waals surface area contributed by atoms with Gasteiger partial charge in [-0.05, 0) is 54.6 Å². The van der Waals surface area contributed by atoms with Crippen LogP contribution in [-0.4, -0.2) is 73.8 Å². The van der Waals surface area contributed by atoms with Crippen molar-refractivity contribution in [2.24, 2.45) is 20.5 Å².